The summed E-state index contributed by atoms with van der Waals surface area (Å²) in [5, 5.41) is 3.16. The summed E-state index contributed by atoms with van der Waals surface area (Å²) in [6.07, 6.45) is 6.71. The molecule has 0 bridgehead atoms. The maximum atomic E-state index is 13.9. The van der Waals surface area contributed by atoms with Crippen LogP contribution in [0.3, 0.4) is 0 Å². The maximum Gasteiger partial charge on any atom is 0.244 e. The van der Waals surface area contributed by atoms with E-state index in [1.807, 2.05) is 51.1 Å². The number of hydrogen-bond acceptors (Lipinski definition) is 5. The molecule has 0 heterocycles. The quantitative estimate of drug-likeness (QED) is 0.455. The third-order valence-corrected chi connectivity index (χ3v) is 8.33. The molecule has 1 aliphatic carbocycles. The molecule has 1 saturated carbocycles. The molecule has 0 unspecified atom stereocenters. The molecule has 8 nitrogen and oxygen atoms in total. The summed E-state index contributed by atoms with van der Waals surface area (Å²) in [7, 11) is -2.20. The molecule has 1 fully saturated rings. The van der Waals surface area contributed by atoms with E-state index in [0.717, 1.165) is 52.9 Å². The Bertz CT molecular complexity index is 1190. The van der Waals surface area contributed by atoms with Gasteiger partial charge >= 0.3 is 0 Å². The normalized spacial score (nSPS) is 15.0. The number of para-hydroxylation sites is 1. The van der Waals surface area contributed by atoms with Gasteiger partial charge in [0.15, 0.2) is 0 Å². The standard InChI is InChI=1S/C29H41N3O5S/c1-6-26(29(34)30-24-13-8-7-9-14-24)31(19-23-15-17-25(37-4)18-16-23)27(33)20-32(38(5,35)36)28-21(2)11-10-12-22(28)3/h10-12,15-18,24,26H,6-9,13-14,19-20H2,1-5H3,(H,30,34)/t26-/m0/s1. The summed E-state index contributed by atoms with van der Waals surface area (Å²) in [6.45, 7) is 5.30. The molecular formula is C29H41N3O5S. The van der Waals surface area contributed by atoms with Crippen molar-refractivity contribution in [1.29, 1.82) is 0 Å². The Hall–Kier alpha value is -3.07. The van der Waals surface area contributed by atoms with Crippen molar-refractivity contribution in [2.75, 3.05) is 24.2 Å². The number of ether oxygens (including phenoxy) is 1. The van der Waals surface area contributed by atoms with E-state index in [9.17, 15) is 18.0 Å². The molecule has 0 saturated heterocycles. The van der Waals surface area contributed by atoms with Crippen molar-refractivity contribution in [3.05, 3.63) is 59.2 Å². The maximum absolute atomic E-state index is 13.9. The highest BCUT2D eigenvalue weighted by Crippen LogP contribution is 2.27. The van der Waals surface area contributed by atoms with Crippen molar-refractivity contribution in [3.63, 3.8) is 0 Å². The molecule has 0 radical (unpaired) electrons. The average Bonchev–Trinajstić information content (AvgIpc) is 2.88. The molecule has 3 rings (SSSR count). The number of amides is 2. The zero-order chi connectivity index (χ0) is 27.9. The van der Waals surface area contributed by atoms with Crippen LogP contribution in [0.4, 0.5) is 5.69 Å². The van der Waals surface area contributed by atoms with E-state index in [2.05, 4.69) is 5.32 Å². The molecule has 38 heavy (non-hydrogen) atoms. The number of anilines is 1. The Kier molecular flexibility index (Phi) is 10.2. The zero-order valence-electron chi connectivity index (χ0n) is 23.2. The van der Waals surface area contributed by atoms with Crippen LogP contribution in [0.5, 0.6) is 5.75 Å². The molecule has 0 aliphatic heterocycles. The molecule has 208 valence electrons. The summed E-state index contributed by atoms with van der Waals surface area (Å²) >= 11 is 0. The Labute approximate surface area is 227 Å². The number of carbonyl (C=O) groups is 2. The van der Waals surface area contributed by atoms with E-state index >= 15 is 0 Å². The fourth-order valence-corrected chi connectivity index (χ4v) is 6.13. The van der Waals surface area contributed by atoms with Gasteiger partial charge in [0.1, 0.15) is 18.3 Å². The molecule has 0 spiro atoms. The van der Waals surface area contributed by atoms with Crippen LogP contribution >= 0.6 is 0 Å². The minimum Gasteiger partial charge on any atom is -0.497 e. The Morgan fingerprint density at radius 3 is 2.16 bits per heavy atom. The van der Waals surface area contributed by atoms with Crippen LogP contribution in [0.1, 0.15) is 62.1 Å². The largest absolute Gasteiger partial charge is 0.497 e. The smallest absolute Gasteiger partial charge is 0.244 e. The molecule has 1 atom stereocenters. The van der Waals surface area contributed by atoms with Gasteiger partial charge in [-0.25, -0.2) is 8.42 Å². The van der Waals surface area contributed by atoms with Crippen LogP contribution in [-0.4, -0.2) is 57.1 Å². The van der Waals surface area contributed by atoms with Gasteiger partial charge < -0.3 is 15.0 Å². The number of nitrogens with one attached hydrogen (secondary N) is 1. The van der Waals surface area contributed by atoms with E-state index in [-0.39, 0.29) is 18.5 Å². The third kappa shape index (κ3) is 7.49. The van der Waals surface area contributed by atoms with Crippen molar-refractivity contribution in [2.24, 2.45) is 0 Å². The Morgan fingerprint density at radius 1 is 1.03 bits per heavy atom. The number of benzene rings is 2. The van der Waals surface area contributed by atoms with Gasteiger partial charge in [0.2, 0.25) is 21.8 Å². The summed E-state index contributed by atoms with van der Waals surface area (Å²) in [5.74, 6) is 0.0609. The molecule has 1 aliphatic rings. The SMILES string of the molecule is CC[C@@H](C(=O)NC1CCCCC1)N(Cc1ccc(OC)cc1)C(=O)CN(c1c(C)cccc1C)S(C)(=O)=O. The van der Waals surface area contributed by atoms with Crippen molar-refractivity contribution in [2.45, 2.75) is 77.9 Å². The van der Waals surface area contributed by atoms with Crippen LogP contribution in [0, 0.1) is 13.8 Å². The van der Waals surface area contributed by atoms with Gasteiger partial charge in [0.05, 0.1) is 19.1 Å². The highest BCUT2D eigenvalue weighted by molar-refractivity contribution is 7.92. The summed E-state index contributed by atoms with van der Waals surface area (Å²) in [4.78, 5) is 28.9. The van der Waals surface area contributed by atoms with Gasteiger partial charge in [-0.15, -0.1) is 0 Å². The lowest BCUT2D eigenvalue weighted by molar-refractivity contribution is -0.140. The second kappa shape index (κ2) is 13.1. The van der Waals surface area contributed by atoms with Gasteiger partial charge in [-0.3, -0.25) is 13.9 Å². The van der Waals surface area contributed by atoms with Crippen LogP contribution < -0.4 is 14.4 Å². The molecule has 2 aromatic carbocycles. The van der Waals surface area contributed by atoms with Gasteiger partial charge in [0, 0.05) is 12.6 Å². The van der Waals surface area contributed by atoms with E-state index in [4.69, 9.17) is 4.74 Å². The number of carbonyl (C=O) groups excluding carboxylic acids is 2. The minimum absolute atomic E-state index is 0.102. The molecule has 2 aromatic rings. The fraction of sp³-hybridized carbons (Fsp3) is 0.517. The summed E-state index contributed by atoms with van der Waals surface area (Å²) in [6, 6.07) is 12.2. The lowest BCUT2D eigenvalue weighted by Gasteiger charge is -2.34. The molecular weight excluding hydrogens is 502 g/mol. The van der Waals surface area contributed by atoms with Crippen LogP contribution in [0.2, 0.25) is 0 Å². The molecule has 0 aromatic heterocycles. The van der Waals surface area contributed by atoms with E-state index in [1.54, 1.807) is 19.2 Å². The molecule has 2 amide bonds. The van der Waals surface area contributed by atoms with Crippen LogP contribution in [-0.2, 0) is 26.2 Å². The van der Waals surface area contributed by atoms with Gasteiger partial charge in [-0.1, -0.05) is 56.5 Å². The van der Waals surface area contributed by atoms with Crippen molar-refractivity contribution >= 4 is 27.5 Å². The summed E-state index contributed by atoms with van der Waals surface area (Å²) < 4.78 is 32.3. The number of methoxy groups -OCH3 is 1. The zero-order valence-corrected chi connectivity index (χ0v) is 24.0. The first-order valence-corrected chi connectivity index (χ1v) is 15.2. The number of rotatable bonds is 11. The second-order valence-electron chi connectivity index (χ2n) is 10.1. The first-order valence-electron chi connectivity index (χ1n) is 13.3. The highest BCUT2D eigenvalue weighted by atomic mass is 32.2. The van der Waals surface area contributed by atoms with Crippen molar-refractivity contribution in [1.82, 2.24) is 10.2 Å². The predicted octanol–water partition coefficient (Wildman–Crippen LogP) is 4.33. The average molecular weight is 544 g/mol. The highest BCUT2D eigenvalue weighted by Gasteiger charge is 2.33. The summed E-state index contributed by atoms with van der Waals surface area (Å²) in [5.41, 5.74) is 2.83. The number of hydrogen-bond donors (Lipinski definition) is 1. The van der Waals surface area contributed by atoms with E-state index in [1.165, 1.54) is 11.3 Å². The lowest BCUT2D eigenvalue weighted by atomic mass is 9.95. The lowest BCUT2D eigenvalue weighted by Crippen LogP contribution is -2.54. The van der Waals surface area contributed by atoms with Crippen LogP contribution in [0.15, 0.2) is 42.5 Å². The van der Waals surface area contributed by atoms with E-state index < -0.39 is 28.5 Å². The first kappa shape index (κ1) is 29.5. The second-order valence-corrected chi connectivity index (χ2v) is 12.1. The first-order chi connectivity index (χ1) is 18.0. The van der Waals surface area contributed by atoms with E-state index in [0.29, 0.717) is 17.9 Å². The number of sulfonamides is 1. The van der Waals surface area contributed by atoms with Gasteiger partial charge in [-0.2, -0.15) is 0 Å². The third-order valence-electron chi connectivity index (χ3n) is 7.22. The minimum atomic E-state index is -3.78. The van der Waals surface area contributed by atoms with Crippen LogP contribution in [0.25, 0.3) is 0 Å². The molecule has 9 heteroatoms. The van der Waals surface area contributed by atoms with Crippen molar-refractivity contribution in [3.8, 4) is 5.75 Å². The molecule has 1 N–H and O–H groups in total. The fourth-order valence-electron chi connectivity index (χ4n) is 5.17. The van der Waals surface area contributed by atoms with Crippen molar-refractivity contribution < 1.29 is 22.7 Å². The predicted molar refractivity (Wildman–Crippen MR) is 151 cm³/mol. The Balaban J connectivity index is 1.95. The van der Waals surface area contributed by atoms with Gasteiger partial charge in [-0.05, 0) is 61.9 Å². The van der Waals surface area contributed by atoms with Gasteiger partial charge in [0.25, 0.3) is 0 Å². The number of nitrogens with zero attached hydrogens (tertiary/aromatic N) is 2. The number of aryl methyl sites for hydroxylation is 2. The monoisotopic (exact) mass is 543 g/mol. The Morgan fingerprint density at radius 2 is 1.63 bits per heavy atom. The topological polar surface area (TPSA) is 96.0 Å².